The molecule has 2 heterocycles. The SMILES string of the molecule is Cc1cccnc1C(F)(F)C(=O)N1CCc2ccc(S(=O)(=O)N(C)C)cc21. The van der Waals surface area contributed by atoms with E-state index in [4.69, 9.17) is 0 Å². The van der Waals surface area contributed by atoms with Gasteiger partial charge in [0.2, 0.25) is 10.0 Å². The van der Waals surface area contributed by atoms with Crippen molar-refractivity contribution in [2.75, 3.05) is 25.5 Å². The van der Waals surface area contributed by atoms with Gasteiger partial charge in [-0.2, -0.15) is 8.78 Å². The van der Waals surface area contributed by atoms with E-state index in [1.165, 1.54) is 51.5 Å². The minimum atomic E-state index is -3.82. The summed E-state index contributed by atoms with van der Waals surface area (Å²) in [4.78, 5) is 17.2. The van der Waals surface area contributed by atoms with Gasteiger partial charge in [0.1, 0.15) is 5.69 Å². The van der Waals surface area contributed by atoms with Crippen molar-refractivity contribution in [2.45, 2.75) is 24.2 Å². The van der Waals surface area contributed by atoms with E-state index in [1.54, 1.807) is 6.07 Å². The molecule has 1 aliphatic heterocycles. The maximum atomic E-state index is 14.8. The van der Waals surface area contributed by atoms with Gasteiger partial charge in [0.15, 0.2) is 0 Å². The zero-order valence-corrected chi connectivity index (χ0v) is 15.9. The highest BCUT2D eigenvalue weighted by Gasteiger charge is 2.48. The van der Waals surface area contributed by atoms with E-state index >= 15 is 0 Å². The summed E-state index contributed by atoms with van der Waals surface area (Å²) in [7, 11) is -0.990. The quantitative estimate of drug-likeness (QED) is 0.797. The van der Waals surface area contributed by atoms with Crippen LogP contribution in [0.25, 0.3) is 0 Å². The molecule has 0 unspecified atom stereocenters. The van der Waals surface area contributed by atoms with E-state index in [2.05, 4.69) is 4.98 Å². The second kappa shape index (κ2) is 6.65. The van der Waals surface area contributed by atoms with Crippen LogP contribution in [-0.2, 0) is 27.2 Å². The van der Waals surface area contributed by atoms with Crippen molar-refractivity contribution in [3.8, 4) is 0 Å². The number of alkyl halides is 2. The lowest BCUT2D eigenvalue weighted by atomic mass is 10.1. The van der Waals surface area contributed by atoms with Crippen LogP contribution in [0.15, 0.2) is 41.4 Å². The Kier molecular flexibility index (Phi) is 4.77. The molecule has 1 aromatic carbocycles. The number of carbonyl (C=O) groups excluding carboxylic acids is 1. The fourth-order valence-electron chi connectivity index (χ4n) is 3.03. The normalized spacial score (nSPS) is 14.5. The van der Waals surface area contributed by atoms with Crippen molar-refractivity contribution in [3.05, 3.63) is 53.3 Å². The molecule has 0 bridgehead atoms. The van der Waals surface area contributed by atoms with Gasteiger partial charge in [-0.1, -0.05) is 12.1 Å². The Labute approximate surface area is 156 Å². The maximum absolute atomic E-state index is 14.8. The lowest BCUT2D eigenvalue weighted by Gasteiger charge is -2.24. The highest BCUT2D eigenvalue weighted by Crippen LogP contribution is 2.37. The van der Waals surface area contributed by atoms with Gasteiger partial charge >= 0.3 is 11.8 Å². The summed E-state index contributed by atoms with van der Waals surface area (Å²) in [6.45, 7) is 1.52. The Morgan fingerprint density at radius 1 is 1.26 bits per heavy atom. The summed E-state index contributed by atoms with van der Waals surface area (Å²) in [5.41, 5.74) is 0.450. The number of amides is 1. The molecule has 3 rings (SSSR count). The Morgan fingerprint density at radius 2 is 1.96 bits per heavy atom. The molecule has 6 nitrogen and oxygen atoms in total. The number of sulfonamides is 1. The van der Waals surface area contributed by atoms with E-state index in [-0.39, 0.29) is 22.7 Å². The standard InChI is InChI=1S/C18H19F2N3O3S/c1-12-5-4-9-21-16(12)18(19,20)17(24)23-10-8-13-6-7-14(11-15(13)23)27(25,26)22(2)3/h4-7,9,11H,8,10H2,1-3H3. The van der Waals surface area contributed by atoms with Crippen molar-refractivity contribution < 1.29 is 22.0 Å². The number of rotatable bonds is 4. The van der Waals surface area contributed by atoms with Crippen LogP contribution in [0.2, 0.25) is 0 Å². The van der Waals surface area contributed by atoms with Crippen LogP contribution >= 0.6 is 0 Å². The number of hydrogen-bond acceptors (Lipinski definition) is 4. The maximum Gasteiger partial charge on any atom is 0.366 e. The fraction of sp³-hybridized carbons (Fsp3) is 0.333. The van der Waals surface area contributed by atoms with Crippen LogP contribution < -0.4 is 4.90 Å². The number of fused-ring (bicyclic) bond motifs is 1. The second-order valence-electron chi connectivity index (χ2n) is 6.53. The smallest absolute Gasteiger partial charge is 0.306 e. The van der Waals surface area contributed by atoms with Crippen LogP contribution in [0.1, 0.15) is 16.8 Å². The molecule has 144 valence electrons. The minimum absolute atomic E-state index is 0.0525. The van der Waals surface area contributed by atoms with Gasteiger partial charge in [0.25, 0.3) is 0 Å². The summed E-state index contributed by atoms with van der Waals surface area (Å²) < 4.78 is 55.4. The van der Waals surface area contributed by atoms with Crippen LogP contribution in [0.4, 0.5) is 14.5 Å². The Bertz CT molecular complexity index is 1010. The number of halogens is 2. The monoisotopic (exact) mass is 395 g/mol. The van der Waals surface area contributed by atoms with Crippen molar-refractivity contribution >= 4 is 21.6 Å². The number of anilines is 1. The third-order valence-electron chi connectivity index (χ3n) is 4.55. The molecule has 27 heavy (non-hydrogen) atoms. The number of hydrogen-bond donors (Lipinski definition) is 0. The predicted octanol–water partition coefficient (Wildman–Crippen LogP) is 2.32. The van der Waals surface area contributed by atoms with Crippen LogP contribution in [0.3, 0.4) is 0 Å². The minimum Gasteiger partial charge on any atom is -0.306 e. The van der Waals surface area contributed by atoms with Crippen LogP contribution in [0.5, 0.6) is 0 Å². The summed E-state index contributed by atoms with van der Waals surface area (Å²) in [5.74, 6) is -5.23. The van der Waals surface area contributed by atoms with Gasteiger partial charge in [-0.05, 0) is 42.7 Å². The van der Waals surface area contributed by atoms with Crippen molar-refractivity contribution in [1.29, 1.82) is 0 Å². The second-order valence-corrected chi connectivity index (χ2v) is 8.68. The van der Waals surface area contributed by atoms with E-state index in [1.807, 2.05) is 0 Å². The first-order valence-electron chi connectivity index (χ1n) is 8.24. The van der Waals surface area contributed by atoms with Crippen molar-refractivity contribution in [1.82, 2.24) is 9.29 Å². The Morgan fingerprint density at radius 3 is 2.59 bits per heavy atom. The zero-order valence-electron chi connectivity index (χ0n) is 15.1. The Hall–Kier alpha value is -2.39. The molecule has 0 fully saturated rings. The molecule has 0 saturated carbocycles. The zero-order chi connectivity index (χ0) is 20.0. The molecule has 0 radical (unpaired) electrons. The van der Waals surface area contributed by atoms with E-state index in [0.29, 0.717) is 12.0 Å². The first kappa shape index (κ1) is 19.4. The van der Waals surface area contributed by atoms with Crippen molar-refractivity contribution in [3.63, 3.8) is 0 Å². The van der Waals surface area contributed by atoms with Gasteiger partial charge in [-0.3, -0.25) is 9.78 Å². The number of carbonyl (C=O) groups is 1. The summed E-state index contributed by atoms with van der Waals surface area (Å²) in [6.07, 6.45) is 1.59. The first-order chi connectivity index (χ1) is 12.6. The molecule has 0 N–H and O–H groups in total. The predicted molar refractivity (Wildman–Crippen MR) is 96.2 cm³/mol. The average Bonchev–Trinajstić information content (AvgIpc) is 3.04. The molecule has 0 aliphatic carbocycles. The molecule has 2 aromatic rings. The molecule has 1 amide bonds. The molecular formula is C18H19F2N3O3S. The first-order valence-corrected chi connectivity index (χ1v) is 9.68. The average molecular weight is 395 g/mol. The molecular weight excluding hydrogens is 376 g/mol. The van der Waals surface area contributed by atoms with Gasteiger partial charge in [0, 0.05) is 32.5 Å². The number of pyridine rings is 1. The number of aryl methyl sites for hydroxylation is 1. The van der Waals surface area contributed by atoms with E-state index in [9.17, 15) is 22.0 Å². The van der Waals surface area contributed by atoms with E-state index in [0.717, 1.165) is 9.21 Å². The lowest BCUT2D eigenvalue weighted by Crippen LogP contribution is -2.42. The third-order valence-corrected chi connectivity index (χ3v) is 6.36. The molecule has 0 saturated heterocycles. The lowest BCUT2D eigenvalue weighted by molar-refractivity contribution is -0.144. The summed E-state index contributed by atoms with van der Waals surface area (Å²) in [5, 5.41) is 0. The van der Waals surface area contributed by atoms with Crippen LogP contribution in [0, 0.1) is 6.92 Å². The largest absolute Gasteiger partial charge is 0.366 e. The molecule has 0 spiro atoms. The van der Waals surface area contributed by atoms with Gasteiger partial charge in [-0.25, -0.2) is 12.7 Å². The van der Waals surface area contributed by atoms with Gasteiger partial charge in [0.05, 0.1) is 4.90 Å². The highest BCUT2D eigenvalue weighted by atomic mass is 32.2. The molecule has 1 aliphatic rings. The fourth-order valence-corrected chi connectivity index (χ4v) is 3.95. The number of nitrogens with zero attached hydrogens (tertiary/aromatic N) is 3. The topological polar surface area (TPSA) is 70.6 Å². The molecule has 9 heteroatoms. The third kappa shape index (κ3) is 3.21. The highest BCUT2D eigenvalue weighted by molar-refractivity contribution is 7.89. The van der Waals surface area contributed by atoms with Gasteiger partial charge in [-0.15, -0.1) is 0 Å². The van der Waals surface area contributed by atoms with E-state index < -0.39 is 27.5 Å². The van der Waals surface area contributed by atoms with Crippen molar-refractivity contribution in [2.24, 2.45) is 0 Å². The number of benzene rings is 1. The molecule has 1 aromatic heterocycles. The summed E-state index contributed by atoms with van der Waals surface area (Å²) in [6, 6.07) is 7.23. The number of aromatic nitrogens is 1. The molecule has 0 atom stereocenters. The van der Waals surface area contributed by atoms with Crippen LogP contribution in [-0.4, -0.2) is 44.3 Å². The van der Waals surface area contributed by atoms with Gasteiger partial charge < -0.3 is 4.90 Å². The Balaban J connectivity index is 2.02. The summed E-state index contributed by atoms with van der Waals surface area (Å²) >= 11 is 0.